The predicted molar refractivity (Wildman–Crippen MR) is 88.9 cm³/mol. The first-order valence-electron chi connectivity index (χ1n) is 6.67. The Hall–Kier alpha value is -2.04. The van der Waals surface area contributed by atoms with Crippen LogP contribution in [0.25, 0.3) is 0 Å². The first-order valence-corrected chi connectivity index (χ1v) is 7.42. The van der Waals surface area contributed by atoms with Gasteiger partial charge in [0, 0.05) is 6.54 Å². The molecule has 0 aliphatic heterocycles. The van der Waals surface area contributed by atoms with Gasteiger partial charge in [0.1, 0.15) is 0 Å². The van der Waals surface area contributed by atoms with Crippen molar-refractivity contribution in [1.29, 1.82) is 0 Å². The SMILES string of the molecule is CCNC(=O)c1ccccc1NC(=O)c1cccc(Cl)c1Cl. The van der Waals surface area contributed by atoms with Gasteiger partial charge in [-0.25, -0.2) is 0 Å². The van der Waals surface area contributed by atoms with Crippen LogP contribution < -0.4 is 10.6 Å². The van der Waals surface area contributed by atoms with Crippen molar-refractivity contribution in [2.45, 2.75) is 6.92 Å². The lowest BCUT2D eigenvalue weighted by atomic mass is 10.1. The molecule has 0 spiro atoms. The number of hydrogen-bond acceptors (Lipinski definition) is 2. The van der Waals surface area contributed by atoms with Crippen LogP contribution >= 0.6 is 23.2 Å². The molecule has 2 amide bonds. The standard InChI is InChI=1S/C16H14Cl2N2O2/c1-2-19-15(21)10-6-3-4-9-13(10)20-16(22)11-7-5-8-12(17)14(11)18/h3-9H,2H2,1H3,(H,19,21)(H,20,22). The monoisotopic (exact) mass is 336 g/mol. The molecule has 2 N–H and O–H groups in total. The average Bonchev–Trinajstić information content (AvgIpc) is 2.50. The number of carbonyl (C=O) groups is 2. The molecule has 0 fully saturated rings. The first kappa shape index (κ1) is 16.3. The molecule has 6 heteroatoms. The van der Waals surface area contributed by atoms with Gasteiger partial charge in [-0.3, -0.25) is 9.59 Å². The van der Waals surface area contributed by atoms with E-state index >= 15 is 0 Å². The summed E-state index contributed by atoms with van der Waals surface area (Å²) in [5.74, 6) is -0.681. The molecule has 0 saturated heterocycles. The molecule has 0 bridgehead atoms. The van der Waals surface area contributed by atoms with Crippen LogP contribution in [0.5, 0.6) is 0 Å². The second kappa shape index (κ2) is 7.29. The second-order valence-corrected chi connectivity index (χ2v) is 5.25. The van der Waals surface area contributed by atoms with E-state index in [1.165, 1.54) is 0 Å². The number of para-hydroxylation sites is 1. The van der Waals surface area contributed by atoms with Crippen LogP contribution in [0.4, 0.5) is 5.69 Å². The van der Waals surface area contributed by atoms with Crippen molar-refractivity contribution in [2.24, 2.45) is 0 Å². The van der Waals surface area contributed by atoms with Crippen molar-refractivity contribution >= 4 is 40.7 Å². The van der Waals surface area contributed by atoms with Gasteiger partial charge in [-0.05, 0) is 31.2 Å². The zero-order valence-electron chi connectivity index (χ0n) is 11.8. The van der Waals surface area contributed by atoms with Gasteiger partial charge in [0.05, 0.1) is 26.9 Å². The van der Waals surface area contributed by atoms with Crippen LogP contribution in [-0.2, 0) is 0 Å². The number of anilines is 1. The van der Waals surface area contributed by atoms with E-state index < -0.39 is 5.91 Å². The molecule has 0 atom stereocenters. The maximum Gasteiger partial charge on any atom is 0.257 e. The molecular formula is C16H14Cl2N2O2. The number of rotatable bonds is 4. The summed E-state index contributed by atoms with van der Waals surface area (Å²) in [5, 5.41) is 5.87. The van der Waals surface area contributed by atoms with Crippen molar-refractivity contribution in [2.75, 3.05) is 11.9 Å². The zero-order valence-corrected chi connectivity index (χ0v) is 13.3. The summed E-state index contributed by atoms with van der Waals surface area (Å²) in [6, 6.07) is 11.6. The second-order valence-electron chi connectivity index (χ2n) is 4.46. The van der Waals surface area contributed by atoms with Crippen molar-refractivity contribution in [3.05, 3.63) is 63.6 Å². The Morgan fingerprint density at radius 1 is 0.955 bits per heavy atom. The minimum atomic E-state index is -0.427. The molecule has 0 aromatic heterocycles. The van der Waals surface area contributed by atoms with E-state index in [-0.39, 0.29) is 16.5 Å². The number of hydrogen-bond donors (Lipinski definition) is 2. The summed E-state index contributed by atoms with van der Waals surface area (Å²) in [6.45, 7) is 2.33. The number of carbonyl (C=O) groups excluding carboxylic acids is 2. The van der Waals surface area contributed by atoms with E-state index in [0.717, 1.165) is 0 Å². The highest BCUT2D eigenvalue weighted by atomic mass is 35.5. The molecule has 22 heavy (non-hydrogen) atoms. The average molecular weight is 337 g/mol. The molecule has 2 aromatic rings. The van der Waals surface area contributed by atoms with Crippen molar-refractivity contribution in [1.82, 2.24) is 5.32 Å². The Kier molecular flexibility index (Phi) is 5.41. The van der Waals surface area contributed by atoms with Gasteiger partial charge in [0.2, 0.25) is 0 Å². The van der Waals surface area contributed by atoms with Crippen molar-refractivity contribution < 1.29 is 9.59 Å². The predicted octanol–water partition coefficient (Wildman–Crippen LogP) is 4.00. The Labute approximate surface area is 138 Å². The normalized spacial score (nSPS) is 10.1. The maximum atomic E-state index is 12.3. The van der Waals surface area contributed by atoms with Gasteiger partial charge >= 0.3 is 0 Å². The van der Waals surface area contributed by atoms with Gasteiger partial charge in [0.25, 0.3) is 11.8 Å². The summed E-state index contributed by atoms with van der Waals surface area (Å²) in [4.78, 5) is 24.3. The van der Waals surface area contributed by atoms with E-state index in [1.807, 2.05) is 6.92 Å². The van der Waals surface area contributed by atoms with Gasteiger partial charge < -0.3 is 10.6 Å². The highest BCUT2D eigenvalue weighted by molar-refractivity contribution is 6.44. The summed E-state index contributed by atoms with van der Waals surface area (Å²) in [6.07, 6.45) is 0. The summed E-state index contributed by atoms with van der Waals surface area (Å²) in [5.41, 5.74) is 1.05. The number of amides is 2. The van der Waals surface area contributed by atoms with Crippen LogP contribution in [0.15, 0.2) is 42.5 Å². The third kappa shape index (κ3) is 3.59. The van der Waals surface area contributed by atoms with E-state index in [1.54, 1.807) is 42.5 Å². The van der Waals surface area contributed by atoms with Crippen LogP contribution in [0, 0.1) is 0 Å². The number of halogens is 2. The molecular weight excluding hydrogens is 323 g/mol. The van der Waals surface area contributed by atoms with Crippen molar-refractivity contribution in [3.63, 3.8) is 0 Å². The molecule has 2 aromatic carbocycles. The molecule has 114 valence electrons. The molecule has 2 rings (SSSR count). The van der Waals surface area contributed by atoms with Crippen LogP contribution in [0.3, 0.4) is 0 Å². The highest BCUT2D eigenvalue weighted by Gasteiger charge is 2.16. The minimum Gasteiger partial charge on any atom is -0.352 e. The lowest BCUT2D eigenvalue weighted by Gasteiger charge is -2.11. The van der Waals surface area contributed by atoms with E-state index in [9.17, 15) is 9.59 Å². The molecule has 0 heterocycles. The Morgan fingerprint density at radius 3 is 2.36 bits per heavy atom. The first-order chi connectivity index (χ1) is 10.5. The van der Waals surface area contributed by atoms with E-state index in [2.05, 4.69) is 10.6 Å². The smallest absolute Gasteiger partial charge is 0.257 e. The van der Waals surface area contributed by atoms with Gasteiger partial charge in [-0.15, -0.1) is 0 Å². The third-order valence-corrected chi connectivity index (χ3v) is 3.77. The van der Waals surface area contributed by atoms with E-state index in [0.29, 0.717) is 22.8 Å². The fourth-order valence-corrected chi connectivity index (χ4v) is 2.30. The maximum absolute atomic E-state index is 12.3. The largest absolute Gasteiger partial charge is 0.352 e. The summed E-state index contributed by atoms with van der Waals surface area (Å²) < 4.78 is 0. The van der Waals surface area contributed by atoms with Gasteiger partial charge in [-0.1, -0.05) is 41.4 Å². The van der Waals surface area contributed by atoms with Crippen molar-refractivity contribution in [3.8, 4) is 0 Å². The lowest BCUT2D eigenvalue weighted by molar-refractivity contribution is 0.0956. The molecule has 4 nitrogen and oxygen atoms in total. The van der Waals surface area contributed by atoms with Crippen LogP contribution in [0.1, 0.15) is 27.6 Å². The van der Waals surface area contributed by atoms with Crippen LogP contribution in [0.2, 0.25) is 10.0 Å². The number of nitrogens with one attached hydrogen (secondary N) is 2. The van der Waals surface area contributed by atoms with Crippen LogP contribution in [-0.4, -0.2) is 18.4 Å². The Balaban J connectivity index is 2.29. The topological polar surface area (TPSA) is 58.2 Å². The highest BCUT2D eigenvalue weighted by Crippen LogP contribution is 2.26. The lowest BCUT2D eigenvalue weighted by Crippen LogP contribution is -2.24. The minimum absolute atomic E-state index is 0.178. The fourth-order valence-electron chi connectivity index (χ4n) is 1.91. The molecule has 0 aliphatic carbocycles. The Bertz CT molecular complexity index is 717. The molecule has 0 saturated carbocycles. The summed E-state index contributed by atoms with van der Waals surface area (Å²) in [7, 11) is 0. The van der Waals surface area contributed by atoms with Gasteiger partial charge in [-0.2, -0.15) is 0 Å². The Morgan fingerprint density at radius 2 is 1.64 bits per heavy atom. The van der Waals surface area contributed by atoms with Gasteiger partial charge in [0.15, 0.2) is 0 Å². The molecule has 0 unspecified atom stereocenters. The molecule has 0 radical (unpaired) electrons. The quantitative estimate of drug-likeness (QED) is 0.886. The summed E-state index contributed by atoms with van der Waals surface area (Å²) >= 11 is 11.9. The fraction of sp³-hybridized carbons (Fsp3) is 0.125. The van der Waals surface area contributed by atoms with E-state index in [4.69, 9.17) is 23.2 Å². The molecule has 0 aliphatic rings. The third-order valence-electron chi connectivity index (χ3n) is 2.95. The number of benzene rings is 2. The zero-order chi connectivity index (χ0) is 16.1.